The van der Waals surface area contributed by atoms with Crippen LogP contribution in [0.1, 0.15) is 0 Å². The molecule has 1 aliphatic heterocycles. The number of fused-ring (bicyclic) bond motifs is 4. The van der Waals surface area contributed by atoms with Crippen molar-refractivity contribution in [1.82, 2.24) is 0 Å². The fourth-order valence-corrected chi connectivity index (χ4v) is 13.5. The number of para-hydroxylation sites is 2. The monoisotopic (exact) mass is 661 g/mol. The highest BCUT2D eigenvalue weighted by Gasteiger charge is 2.49. The van der Waals surface area contributed by atoms with Crippen molar-refractivity contribution in [2.75, 3.05) is 4.90 Å². The van der Waals surface area contributed by atoms with Gasteiger partial charge in [-0.3, -0.25) is 0 Å². The largest absolute Gasteiger partial charge is 0.310 e. The van der Waals surface area contributed by atoms with Crippen LogP contribution in [0.25, 0.3) is 33.0 Å². The predicted molar refractivity (Wildman–Crippen MR) is 212 cm³/mol. The molecule has 0 aliphatic carbocycles. The van der Waals surface area contributed by atoms with Gasteiger partial charge in [-0.25, -0.2) is 0 Å². The molecule has 232 valence electrons. The molecule has 0 unspecified atom stereocenters. The molecule has 8 aromatic carbocycles. The summed E-state index contributed by atoms with van der Waals surface area (Å²) in [6.45, 7) is 0. The molecule has 0 atom stereocenters. The number of hydrogen-bond donors (Lipinski definition) is 0. The average Bonchev–Trinajstić information content (AvgIpc) is 3.47. The zero-order valence-corrected chi connectivity index (χ0v) is 28.6. The van der Waals surface area contributed by atoms with E-state index in [1.807, 2.05) is 0 Å². The van der Waals surface area contributed by atoms with Gasteiger partial charge in [0.2, 0.25) is 0 Å². The van der Waals surface area contributed by atoms with Gasteiger partial charge in [0.15, 0.2) is 8.07 Å². The van der Waals surface area contributed by atoms with Crippen LogP contribution >= 0.6 is 11.6 Å². The molecule has 8 aromatic rings. The van der Waals surface area contributed by atoms with Crippen molar-refractivity contribution in [3.05, 3.63) is 199 Å². The molecule has 0 N–H and O–H groups in total. The van der Waals surface area contributed by atoms with Gasteiger partial charge in [0.1, 0.15) is 0 Å². The lowest BCUT2D eigenvalue weighted by molar-refractivity contribution is 1.30. The van der Waals surface area contributed by atoms with E-state index in [0.717, 1.165) is 22.1 Å². The van der Waals surface area contributed by atoms with Gasteiger partial charge in [0.05, 0.1) is 5.69 Å². The van der Waals surface area contributed by atoms with Crippen molar-refractivity contribution < 1.29 is 0 Å². The molecular weight excluding hydrogens is 630 g/mol. The maximum atomic E-state index is 6.87. The third-order valence-electron chi connectivity index (χ3n) is 10.00. The van der Waals surface area contributed by atoms with Crippen LogP contribution in [0.5, 0.6) is 0 Å². The van der Waals surface area contributed by atoms with Crippen LogP contribution in [0.15, 0.2) is 194 Å². The summed E-state index contributed by atoms with van der Waals surface area (Å²) in [7, 11) is -2.70. The Morgan fingerprint density at radius 3 is 1.55 bits per heavy atom. The van der Waals surface area contributed by atoms with Crippen LogP contribution in [0.4, 0.5) is 17.1 Å². The molecule has 0 spiro atoms. The minimum Gasteiger partial charge on any atom is -0.310 e. The highest BCUT2D eigenvalue weighted by molar-refractivity contribution is 7.22. The molecule has 1 heterocycles. The predicted octanol–water partition coefficient (Wildman–Crippen LogP) is 9.99. The lowest BCUT2D eigenvalue weighted by Gasteiger charge is -2.31. The standard InChI is InChI=1S/C46H32ClNSi/c47-33-30-31-42-45(32-33)49(36-20-9-3-10-21-36,37-22-11-4-12-23-37)44-29-15-27-41(46(42)44)39-24-13-26-40-38(39)25-14-28-43(40)48(34-16-5-1-6-17-34)35-18-7-2-8-19-35/h1-32H. The fourth-order valence-electron chi connectivity index (χ4n) is 8.04. The van der Waals surface area contributed by atoms with Crippen molar-refractivity contribution in [2.24, 2.45) is 0 Å². The summed E-state index contributed by atoms with van der Waals surface area (Å²) in [6.07, 6.45) is 0. The van der Waals surface area contributed by atoms with Gasteiger partial charge >= 0.3 is 0 Å². The maximum absolute atomic E-state index is 6.87. The lowest BCUT2D eigenvalue weighted by Crippen LogP contribution is -2.72. The first-order chi connectivity index (χ1) is 24.2. The molecule has 0 aromatic heterocycles. The Bertz CT molecular complexity index is 2370. The van der Waals surface area contributed by atoms with Gasteiger partial charge in [0, 0.05) is 21.8 Å². The van der Waals surface area contributed by atoms with E-state index < -0.39 is 8.07 Å². The number of benzene rings is 8. The SMILES string of the molecule is Clc1ccc2c(c1)[Si](c1ccccc1)(c1ccccc1)c1cccc(-c3cccc4c(N(c5ccccc5)c5ccccc5)cccc34)c1-2. The minimum absolute atomic E-state index is 0.772. The minimum atomic E-state index is -2.70. The Morgan fingerprint density at radius 1 is 0.388 bits per heavy atom. The van der Waals surface area contributed by atoms with Crippen LogP contribution in [-0.2, 0) is 0 Å². The van der Waals surface area contributed by atoms with Crippen LogP contribution in [0, 0.1) is 0 Å². The third kappa shape index (κ3) is 4.68. The second-order valence-corrected chi connectivity index (χ2v) is 16.8. The Morgan fingerprint density at radius 2 is 0.918 bits per heavy atom. The summed E-state index contributed by atoms with van der Waals surface area (Å²) in [6, 6.07) is 70.5. The summed E-state index contributed by atoms with van der Waals surface area (Å²) in [4.78, 5) is 2.36. The number of rotatable bonds is 6. The van der Waals surface area contributed by atoms with Crippen LogP contribution in [-0.4, -0.2) is 8.07 Å². The van der Waals surface area contributed by atoms with Crippen molar-refractivity contribution in [2.45, 2.75) is 0 Å². The number of anilines is 3. The normalized spacial score (nSPS) is 12.8. The lowest BCUT2D eigenvalue weighted by atomic mass is 9.91. The Balaban J connectivity index is 1.34. The van der Waals surface area contributed by atoms with Gasteiger partial charge < -0.3 is 4.90 Å². The van der Waals surface area contributed by atoms with E-state index >= 15 is 0 Å². The zero-order valence-electron chi connectivity index (χ0n) is 26.8. The summed E-state index contributed by atoms with van der Waals surface area (Å²) >= 11 is 6.87. The molecule has 0 radical (unpaired) electrons. The highest BCUT2D eigenvalue weighted by Crippen LogP contribution is 2.44. The molecule has 3 heteroatoms. The van der Waals surface area contributed by atoms with E-state index in [9.17, 15) is 0 Å². The molecule has 49 heavy (non-hydrogen) atoms. The topological polar surface area (TPSA) is 3.24 Å². The zero-order chi connectivity index (χ0) is 32.8. The molecule has 0 bridgehead atoms. The first kappa shape index (κ1) is 29.5. The molecule has 1 nitrogen and oxygen atoms in total. The van der Waals surface area contributed by atoms with E-state index in [0.29, 0.717) is 0 Å². The molecule has 0 saturated heterocycles. The average molecular weight is 662 g/mol. The molecule has 1 aliphatic rings. The Hall–Kier alpha value is -5.67. The maximum Gasteiger partial charge on any atom is 0.180 e. The van der Waals surface area contributed by atoms with E-state index in [4.69, 9.17) is 11.6 Å². The number of hydrogen-bond acceptors (Lipinski definition) is 1. The molecular formula is C46H32ClNSi. The second kappa shape index (κ2) is 12.1. The first-order valence-electron chi connectivity index (χ1n) is 16.7. The van der Waals surface area contributed by atoms with Crippen LogP contribution in [0.2, 0.25) is 5.02 Å². The van der Waals surface area contributed by atoms with Crippen molar-refractivity contribution >= 4 is 68.3 Å². The summed E-state index contributed by atoms with van der Waals surface area (Å²) in [5, 5.41) is 8.68. The van der Waals surface area contributed by atoms with Gasteiger partial charge in [-0.2, -0.15) is 0 Å². The number of nitrogens with zero attached hydrogens (tertiary/aromatic N) is 1. The fraction of sp³-hybridized carbons (Fsp3) is 0. The first-order valence-corrected chi connectivity index (χ1v) is 19.1. The quantitative estimate of drug-likeness (QED) is 0.160. The van der Waals surface area contributed by atoms with Crippen LogP contribution in [0.3, 0.4) is 0 Å². The molecule has 0 fully saturated rings. The summed E-state index contributed by atoms with van der Waals surface area (Å²) in [5.41, 5.74) is 8.46. The van der Waals surface area contributed by atoms with Crippen LogP contribution < -0.4 is 25.6 Å². The van der Waals surface area contributed by atoms with Gasteiger partial charge in [-0.15, -0.1) is 0 Å². The number of halogens is 1. The smallest absolute Gasteiger partial charge is 0.180 e. The highest BCUT2D eigenvalue weighted by atomic mass is 35.5. The third-order valence-corrected chi connectivity index (χ3v) is 15.1. The Kier molecular flexibility index (Phi) is 7.27. The second-order valence-electron chi connectivity index (χ2n) is 12.6. The van der Waals surface area contributed by atoms with Gasteiger partial charge in [-0.1, -0.05) is 163 Å². The van der Waals surface area contributed by atoms with E-state index in [-0.39, 0.29) is 0 Å². The van der Waals surface area contributed by atoms with Gasteiger partial charge in [-0.05, 0) is 90.9 Å². The van der Waals surface area contributed by atoms with Gasteiger partial charge in [0.25, 0.3) is 0 Å². The van der Waals surface area contributed by atoms with Crippen molar-refractivity contribution in [1.29, 1.82) is 0 Å². The molecule has 0 saturated carbocycles. The summed E-state index contributed by atoms with van der Waals surface area (Å²) < 4.78 is 0. The molecule has 9 rings (SSSR count). The van der Waals surface area contributed by atoms with E-state index in [1.165, 1.54) is 53.8 Å². The van der Waals surface area contributed by atoms with Crippen molar-refractivity contribution in [3.8, 4) is 22.3 Å². The molecule has 0 amide bonds. The van der Waals surface area contributed by atoms with E-state index in [2.05, 4.69) is 199 Å². The van der Waals surface area contributed by atoms with Crippen molar-refractivity contribution in [3.63, 3.8) is 0 Å². The van der Waals surface area contributed by atoms with E-state index in [1.54, 1.807) is 0 Å². The summed E-state index contributed by atoms with van der Waals surface area (Å²) in [5.74, 6) is 0. The Labute approximate surface area is 293 Å².